The van der Waals surface area contributed by atoms with E-state index in [9.17, 15) is 40.7 Å². The molecule has 2 amide bonds. The number of carbonyl (C=O) groups excluding carboxylic acids is 2. The monoisotopic (exact) mass is 641 g/mol. The first-order chi connectivity index (χ1) is 20.7. The molecule has 1 atom stereocenters. The van der Waals surface area contributed by atoms with Crippen LogP contribution in [-0.4, -0.2) is 75.1 Å². The second kappa shape index (κ2) is 12.0. The van der Waals surface area contributed by atoms with Crippen molar-refractivity contribution in [3.8, 4) is 0 Å². The summed E-state index contributed by atoms with van der Waals surface area (Å²) in [6.07, 6.45) is -7.95. The molecule has 0 bridgehead atoms. The zero-order valence-electron chi connectivity index (χ0n) is 22.3. The van der Waals surface area contributed by atoms with E-state index in [4.69, 9.17) is 9.84 Å². The second-order valence-electron chi connectivity index (χ2n) is 9.72. The van der Waals surface area contributed by atoms with Crippen LogP contribution in [0.2, 0.25) is 0 Å². The zero-order valence-corrected chi connectivity index (χ0v) is 23.1. The summed E-state index contributed by atoms with van der Waals surface area (Å²) in [5, 5.41) is 16.0. The van der Waals surface area contributed by atoms with Crippen molar-refractivity contribution in [3.05, 3.63) is 69.8 Å². The van der Waals surface area contributed by atoms with E-state index in [1.54, 1.807) is 29.2 Å². The fourth-order valence-corrected chi connectivity index (χ4v) is 5.53. The number of aliphatic imine (C=N–C) groups is 1. The normalized spacial score (nSPS) is 18.6. The SMILES string of the molecule is O=C(O)CNC(=O)[C@@H]1CN(C2=NC(=O)C(=Cc3ccc4c(cnn4Cc4ccc(C(F)(F)F)cc4C(F)(F)F)c3)S2)CCO1. The number of hydrogen-bond donors (Lipinski definition) is 2. The largest absolute Gasteiger partial charge is 0.480 e. The summed E-state index contributed by atoms with van der Waals surface area (Å²) in [5.74, 6) is -2.34. The molecule has 17 heteroatoms. The van der Waals surface area contributed by atoms with Gasteiger partial charge in [-0.15, -0.1) is 0 Å². The molecular formula is C27H21F6N5O5S. The number of rotatable bonds is 6. The molecule has 3 aromatic rings. The number of nitrogens with one attached hydrogen (secondary N) is 1. The molecule has 0 aliphatic carbocycles. The Balaban J connectivity index is 1.30. The van der Waals surface area contributed by atoms with Crippen LogP contribution in [0, 0.1) is 0 Å². The number of amidine groups is 1. The topological polar surface area (TPSA) is 126 Å². The molecule has 0 radical (unpaired) electrons. The van der Waals surface area contributed by atoms with Crippen LogP contribution in [-0.2, 0) is 38.0 Å². The smallest absolute Gasteiger partial charge is 0.416 e. The van der Waals surface area contributed by atoms with Crippen LogP contribution in [0.15, 0.2) is 52.5 Å². The van der Waals surface area contributed by atoms with Gasteiger partial charge in [0.05, 0.1) is 47.4 Å². The molecule has 1 aromatic heterocycles. The fraction of sp³-hybridized carbons (Fsp3) is 0.296. The number of fused-ring (bicyclic) bond motifs is 1. The molecule has 2 aromatic carbocycles. The number of carboxylic acid groups (broad SMARTS) is 1. The highest BCUT2D eigenvalue weighted by atomic mass is 32.2. The number of aliphatic carboxylic acids is 1. The Hall–Kier alpha value is -4.38. The summed E-state index contributed by atoms with van der Waals surface area (Å²) in [5.41, 5.74) is -2.22. The second-order valence-corrected chi connectivity index (χ2v) is 10.7. The maximum Gasteiger partial charge on any atom is 0.416 e. The number of hydrogen-bond acceptors (Lipinski definition) is 7. The van der Waals surface area contributed by atoms with Gasteiger partial charge in [-0.1, -0.05) is 12.1 Å². The quantitative estimate of drug-likeness (QED) is 0.306. The van der Waals surface area contributed by atoms with Crippen molar-refractivity contribution in [2.45, 2.75) is 25.0 Å². The molecule has 2 N–H and O–H groups in total. The number of alkyl halides is 6. The molecule has 2 aliphatic rings. The highest BCUT2D eigenvalue weighted by molar-refractivity contribution is 8.18. The highest BCUT2D eigenvalue weighted by Gasteiger charge is 2.38. The van der Waals surface area contributed by atoms with Gasteiger partial charge in [-0.3, -0.25) is 19.1 Å². The van der Waals surface area contributed by atoms with E-state index < -0.39 is 60.5 Å². The van der Waals surface area contributed by atoms with Crippen molar-refractivity contribution in [3.63, 3.8) is 0 Å². The molecule has 5 rings (SSSR count). The molecule has 44 heavy (non-hydrogen) atoms. The molecule has 0 spiro atoms. The average molecular weight is 642 g/mol. The first-order valence-electron chi connectivity index (χ1n) is 12.8. The molecule has 0 saturated carbocycles. The van der Waals surface area contributed by atoms with Gasteiger partial charge in [0, 0.05) is 11.9 Å². The van der Waals surface area contributed by atoms with E-state index in [1.165, 1.54) is 10.9 Å². The lowest BCUT2D eigenvalue weighted by Gasteiger charge is -2.32. The number of benzene rings is 2. The number of thioether (sulfide) groups is 1. The highest BCUT2D eigenvalue weighted by Crippen LogP contribution is 2.38. The van der Waals surface area contributed by atoms with E-state index in [-0.39, 0.29) is 29.7 Å². The zero-order chi connectivity index (χ0) is 31.8. The predicted molar refractivity (Wildman–Crippen MR) is 145 cm³/mol. The van der Waals surface area contributed by atoms with Crippen LogP contribution in [0.5, 0.6) is 0 Å². The van der Waals surface area contributed by atoms with E-state index in [0.29, 0.717) is 34.2 Å². The van der Waals surface area contributed by atoms with Gasteiger partial charge in [0.1, 0.15) is 6.54 Å². The summed E-state index contributed by atoms with van der Waals surface area (Å²) in [6.45, 7) is -0.452. The summed E-state index contributed by atoms with van der Waals surface area (Å²) in [4.78, 5) is 41.6. The van der Waals surface area contributed by atoms with Gasteiger partial charge in [0.15, 0.2) is 11.3 Å². The Kier molecular flexibility index (Phi) is 8.44. The van der Waals surface area contributed by atoms with Crippen molar-refractivity contribution in [2.75, 3.05) is 26.2 Å². The number of carboxylic acids is 1. The van der Waals surface area contributed by atoms with Crippen molar-refractivity contribution in [2.24, 2.45) is 4.99 Å². The molecule has 1 saturated heterocycles. The summed E-state index contributed by atoms with van der Waals surface area (Å²) in [6, 6.07) is 6.29. The van der Waals surface area contributed by atoms with Gasteiger partial charge in [0.25, 0.3) is 11.8 Å². The fourth-order valence-electron chi connectivity index (χ4n) is 4.58. The molecule has 0 unspecified atom stereocenters. The van der Waals surface area contributed by atoms with Gasteiger partial charge in [0.2, 0.25) is 0 Å². The molecule has 3 heterocycles. The van der Waals surface area contributed by atoms with Crippen molar-refractivity contribution in [1.82, 2.24) is 20.0 Å². The third-order valence-electron chi connectivity index (χ3n) is 6.68. The van der Waals surface area contributed by atoms with E-state index >= 15 is 0 Å². The lowest BCUT2D eigenvalue weighted by Crippen LogP contribution is -2.51. The summed E-state index contributed by atoms with van der Waals surface area (Å²) >= 11 is 1.07. The van der Waals surface area contributed by atoms with Gasteiger partial charge in [-0.2, -0.15) is 36.4 Å². The Morgan fingerprint density at radius 2 is 1.89 bits per heavy atom. The first-order valence-corrected chi connectivity index (χ1v) is 13.6. The Morgan fingerprint density at radius 1 is 1.11 bits per heavy atom. The van der Waals surface area contributed by atoms with E-state index in [1.807, 2.05) is 0 Å². The van der Waals surface area contributed by atoms with Gasteiger partial charge >= 0.3 is 18.3 Å². The van der Waals surface area contributed by atoms with Gasteiger partial charge in [-0.25, -0.2) is 0 Å². The standard InChI is InChI=1S/C27H21F6N5O5S/c28-26(29,30)17-3-2-15(18(9-17)27(31,32)33)12-38-19-4-1-14(7-16(19)10-35-38)8-21-24(42)36-25(44-21)37-5-6-43-20(13-37)23(41)34-11-22(39)40/h1-4,7-10,20H,5-6,11-13H2,(H,34,41)(H,39,40)/t20-/m0/s1. The number of aromatic nitrogens is 2. The number of amides is 2. The first kappa shape index (κ1) is 31.1. The summed E-state index contributed by atoms with van der Waals surface area (Å²) < 4.78 is 86.6. The van der Waals surface area contributed by atoms with Crippen molar-refractivity contribution < 1.29 is 50.6 Å². The summed E-state index contributed by atoms with van der Waals surface area (Å²) in [7, 11) is 0. The molecular weight excluding hydrogens is 620 g/mol. The van der Waals surface area contributed by atoms with Crippen LogP contribution in [0.4, 0.5) is 26.3 Å². The minimum atomic E-state index is -5.01. The molecule has 10 nitrogen and oxygen atoms in total. The Bertz CT molecular complexity index is 1700. The van der Waals surface area contributed by atoms with Crippen LogP contribution in [0.25, 0.3) is 17.0 Å². The minimum Gasteiger partial charge on any atom is -0.480 e. The average Bonchev–Trinajstić information content (AvgIpc) is 3.53. The number of halogens is 6. The Morgan fingerprint density at radius 3 is 2.59 bits per heavy atom. The maximum atomic E-state index is 13.6. The number of carbonyl (C=O) groups is 3. The Labute approximate surface area is 248 Å². The number of morpholine rings is 1. The van der Waals surface area contributed by atoms with Crippen LogP contribution < -0.4 is 5.32 Å². The van der Waals surface area contributed by atoms with Crippen molar-refractivity contribution in [1.29, 1.82) is 0 Å². The van der Waals surface area contributed by atoms with Crippen molar-refractivity contribution >= 4 is 51.7 Å². The lowest BCUT2D eigenvalue weighted by atomic mass is 10.0. The van der Waals surface area contributed by atoms with Gasteiger partial charge < -0.3 is 20.1 Å². The third-order valence-corrected chi connectivity index (χ3v) is 7.72. The molecule has 232 valence electrons. The van der Waals surface area contributed by atoms with Crippen LogP contribution >= 0.6 is 11.8 Å². The van der Waals surface area contributed by atoms with E-state index in [2.05, 4.69) is 15.4 Å². The lowest BCUT2D eigenvalue weighted by molar-refractivity contribution is -0.143. The third kappa shape index (κ3) is 6.88. The number of ether oxygens (including phenoxy) is 1. The molecule has 1 fully saturated rings. The predicted octanol–water partition coefficient (Wildman–Crippen LogP) is 3.99. The molecule has 2 aliphatic heterocycles. The van der Waals surface area contributed by atoms with Crippen LogP contribution in [0.3, 0.4) is 0 Å². The number of nitrogens with zero attached hydrogens (tertiary/aromatic N) is 4. The van der Waals surface area contributed by atoms with Gasteiger partial charge in [-0.05, 0) is 53.2 Å². The van der Waals surface area contributed by atoms with Crippen LogP contribution in [0.1, 0.15) is 22.3 Å². The minimum absolute atomic E-state index is 0.0535. The maximum absolute atomic E-state index is 13.6. The van der Waals surface area contributed by atoms with E-state index in [0.717, 1.165) is 17.8 Å².